The van der Waals surface area contributed by atoms with Crippen molar-refractivity contribution < 1.29 is 4.39 Å². The van der Waals surface area contributed by atoms with Crippen LogP contribution in [0.15, 0.2) is 18.7 Å². The zero-order valence-corrected chi connectivity index (χ0v) is 15.1. The smallest absolute Gasteiger partial charge is 0.187 e. The molecule has 5 rings (SSSR count). The zero-order chi connectivity index (χ0) is 17.8. The first-order chi connectivity index (χ1) is 11.8. The molecule has 2 aromatic rings. The van der Waals surface area contributed by atoms with Gasteiger partial charge in [-0.2, -0.15) is 0 Å². The second-order valence-corrected chi connectivity index (χ2v) is 7.98. The lowest BCUT2D eigenvalue weighted by Gasteiger charge is -2.57. The molecular formula is C18H23FN6. The summed E-state index contributed by atoms with van der Waals surface area (Å²) in [6, 6.07) is 2.51. The third-order valence-electron chi connectivity index (χ3n) is 5.03. The van der Waals surface area contributed by atoms with Crippen molar-refractivity contribution >= 4 is 11.6 Å². The summed E-state index contributed by atoms with van der Waals surface area (Å²) >= 11 is 0. The van der Waals surface area contributed by atoms with Gasteiger partial charge in [0.05, 0.1) is 17.8 Å². The highest BCUT2D eigenvalue weighted by Gasteiger charge is 2.47. The molecule has 132 valence electrons. The Bertz CT molecular complexity index is 790. The number of anilines is 2. The van der Waals surface area contributed by atoms with Gasteiger partial charge in [-0.25, -0.2) is 24.3 Å². The summed E-state index contributed by atoms with van der Waals surface area (Å²) in [6.45, 7) is 9.52. The molecule has 2 atom stereocenters. The standard InChI is InChI=1S/C18H23FN6/c1-11-5-14(21-9-20-11)24-7-12-6-13(8-24)25(12)17-15(19)16(18(2,3)4)22-10-23-17/h5,9-10,12-13H,6-8H2,1-4H3. The van der Waals surface area contributed by atoms with Crippen LogP contribution in [-0.2, 0) is 5.41 Å². The number of fused-ring (bicyclic) bond motifs is 2. The molecule has 25 heavy (non-hydrogen) atoms. The van der Waals surface area contributed by atoms with Crippen LogP contribution in [0.3, 0.4) is 0 Å². The molecule has 0 saturated carbocycles. The van der Waals surface area contributed by atoms with E-state index in [1.54, 1.807) is 6.33 Å². The molecule has 3 aliphatic heterocycles. The molecule has 0 amide bonds. The minimum absolute atomic E-state index is 0.256. The van der Waals surface area contributed by atoms with Gasteiger partial charge in [0.15, 0.2) is 11.6 Å². The third kappa shape index (κ3) is 2.71. The number of piperazine rings is 1. The van der Waals surface area contributed by atoms with Crippen LogP contribution < -0.4 is 9.80 Å². The monoisotopic (exact) mass is 342 g/mol. The Morgan fingerprint density at radius 1 is 1.04 bits per heavy atom. The van der Waals surface area contributed by atoms with Gasteiger partial charge in [0, 0.05) is 30.3 Å². The highest BCUT2D eigenvalue weighted by Crippen LogP contribution is 2.39. The first-order valence-electron chi connectivity index (χ1n) is 8.67. The predicted octanol–water partition coefficient (Wildman–Crippen LogP) is 2.48. The van der Waals surface area contributed by atoms with Crippen molar-refractivity contribution in [1.29, 1.82) is 0 Å². The Labute approximate surface area is 147 Å². The third-order valence-corrected chi connectivity index (χ3v) is 5.03. The number of hydrogen-bond acceptors (Lipinski definition) is 6. The molecule has 0 spiro atoms. The maximum Gasteiger partial charge on any atom is 0.187 e. The molecule has 7 heteroatoms. The van der Waals surface area contributed by atoms with Gasteiger partial charge < -0.3 is 9.80 Å². The lowest BCUT2D eigenvalue weighted by Crippen LogP contribution is -2.69. The molecule has 3 aliphatic rings. The average Bonchev–Trinajstić information content (AvgIpc) is 2.55. The number of piperidine rings is 1. The van der Waals surface area contributed by atoms with Crippen LogP contribution in [0.1, 0.15) is 38.6 Å². The van der Waals surface area contributed by atoms with Gasteiger partial charge in [0.2, 0.25) is 0 Å². The summed E-state index contributed by atoms with van der Waals surface area (Å²) < 4.78 is 15.0. The largest absolute Gasteiger partial charge is 0.352 e. The zero-order valence-electron chi connectivity index (χ0n) is 15.1. The van der Waals surface area contributed by atoms with E-state index in [1.807, 2.05) is 33.8 Å². The molecule has 6 nitrogen and oxygen atoms in total. The fraction of sp³-hybridized carbons (Fsp3) is 0.556. The quantitative estimate of drug-likeness (QED) is 0.836. The summed E-state index contributed by atoms with van der Waals surface area (Å²) in [5.74, 6) is 1.11. The molecule has 2 bridgehead atoms. The van der Waals surface area contributed by atoms with E-state index < -0.39 is 0 Å². The van der Waals surface area contributed by atoms with Crippen LogP contribution in [0.5, 0.6) is 0 Å². The van der Waals surface area contributed by atoms with Crippen molar-refractivity contribution in [2.24, 2.45) is 0 Å². The molecule has 2 unspecified atom stereocenters. The minimum Gasteiger partial charge on any atom is -0.352 e. The van der Waals surface area contributed by atoms with E-state index in [4.69, 9.17) is 0 Å². The van der Waals surface area contributed by atoms with Gasteiger partial charge in [-0.1, -0.05) is 20.8 Å². The van der Waals surface area contributed by atoms with E-state index >= 15 is 4.39 Å². The Morgan fingerprint density at radius 3 is 2.36 bits per heavy atom. The SMILES string of the molecule is Cc1cc(N2CC3CC(C2)N3c2ncnc(C(C)(C)C)c2F)ncn1. The highest BCUT2D eigenvalue weighted by atomic mass is 19.1. The molecule has 0 aliphatic carbocycles. The van der Waals surface area contributed by atoms with Crippen molar-refractivity contribution in [3.05, 3.63) is 35.9 Å². The fourth-order valence-electron chi connectivity index (χ4n) is 3.82. The van der Waals surface area contributed by atoms with Gasteiger partial charge in [0.25, 0.3) is 0 Å². The van der Waals surface area contributed by atoms with Crippen molar-refractivity contribution in [2.45, 2.75) is 51.6 Å². The summed E-state index contributed by atoms with van der Waals surface area (Å²) in [4.78, 5) is 21.4. The summed E-state index contributed by atoms with van der Waals surface area (Å²) in [6.07, 6.45) is 4.15. The second kappa shape index (κ2) is 5.61. The van der Waals surface area contributed by atoms with Crippen molar-refractivity contribution in [2.75, 3.05) is 22.9 Å². The average molecular weight is 342 g/mol. The van der Waals surface area contributed by atoms with Gasteiger partial charge in [-0.05, 0) is 13.3 Å². The predicted molar refractivity (Wildman–Crippen MR) is 94.3 cm³/mol. The van der Waals surface area contributed by atoms with Gasteiger partial charge in [-0.3, -0.25) is 0 Å². The fourth-order valence-corrected chi connectivity index (χ4v) is 3.82. The van der Waals surface area contributed by atoms with Gasteiger partial charge in [-0.15, -0.1) is 0 Å². The van der Waals surface area contributed by atoms with Crippen LogP contribution >= 0.6 is 0 Å². The van der Waals surface area contributed by atoms with Crippen LogP contribution in [0, 0.1) is 12.7 Å². The Kier molecular flexibility index (Phi) is 3.63. The van der Waals surface area contributed by atoms with Gasteiger partial charge >= 0.3 is 0 Å². The number of nitrogens with zero attached hydrogens (tertiary/aromatic N) is 6. The molecule has 2 aromatic heterocycles. The van der Waals surface area contributed by atoms with Crippen LogP contribution in [0.4, 0.5) is 16.0 Å². The van der Waals surface area contributed by atoms with Crippen molar-refractivity contribution in [1.82, 2.24) is 19.9 Å². The maximum absolute atomic E-state index is 15.0. The van der Waals surface area contributed by atoms with Crippen LogP contribution in [0.2, 0.25) is 0 Å². The number of rotatable bonds is 2. The Hall–Kier alpha value is -2.31. The van der Waals surface area contributed by atoms with Crippen molar-refractivity contribution in [3.8, 4) is 0 Å². The molecule has 0 aromatic carbocycles. The van der Waals surface area contributed by atoms with Gasteiger partial charge in [0.1, 0.15) is 18.5 Å². The summed E-state index contributed by atoms with van der Waals surface area (Å²) in [5, 5.41) is 0. The van der Waals surface area contributed by atoms with Crippen molar-refractivity contribution in [3.63, 3.8) is 0 Å². The van der Waals surface area contributed by atoms with E-state index in [-0.39, 0.29) is 23.3 Å². The number of aromatic nitrogens is 4. The highest BCUT2D eigenvalue weighted by molar-refractivity contribution is 5.53. The molecule has 3 fully saturated rings. The lowest BCUT2D eigenvalue weighted by molar-refractivity contribution is 0.283. The van der Waals surface area contributed by atoms with E-state index in [2.05, 4.69) is 29.7 Å². The maximum atomic E-state index is 15.0. The number of halogens is 1. The van der Waals surface area contributed by atoms with E-state index in [1.165, 1.54) is 6.33 Å². The molecule has 0 radical (unpaired) electrons. The molecule has 3 saturated heterocycles. The summed E-state index contributed by atoms with van der Waals surface area (Å²) in [7, 11) is 0. The first-order valence-corrected chi connectivity index (χ1v) is 8.67. The second-order valence-electron chi connectivity index (χ2n) is 7.98. The number of aryl methyl sites for hydroxylation is 1. The lowest BCUT2D eigenvalue weighted by atomic mass is 9.86. The molecule has 0 N–H and O–H groups in total. The molecule has 5 heterocycles. The van der Waals surface area contributed by atoms with Crippen LogP contribution in [-0.4, -0.2) is 45.1 Å². The normalized spacial score (nSPS) is 22.8. The molecular weight excluding hydrogens is 319 g/mol. The first kappa shape index (κ1) is 16.2. The number of hydrogen-bond donors (Lipinski definition) is 0. The van der Waals surface area contributed by atoms with E-state index in [9.17, 15) is 0 Å². The Balaban J connectivity index is 1.58. The van der Waals surface area contributed by atoms with E-state index in [0.717, 1.165) is 31.0 Å². The minimum atomic E-state index is -0.341. The van der Waals surface area contributed by atoms with E-state index in [0.29, 0.717) is 11.5 Å². The topological polar surface area (TPSA) is 58.0 Å². The summed E-state index contributed by atoms with van der Waals surface area (Å²) in [5.41, 5.74) is 1.09. The Morgan fingerprint density at radius 2 is 1.72 bits per heavy atom. The van der Waals surface area contributed by atoms with Crippen LogP contribution in [0.25, 0.3) is 0 Å².